The minimum absolute atomic E-state index is 0.0228. The zero-order chi connectivity index (χ0) is 13.2. The summed E-state index contributed by atoms with van der Waals surface area (Å²) in [6.07, 6.45) is 2.36. The molecule has 3 N–H and O–H groups in total. The number of hydrogen-bond donors (Lipinski definition) is 3. The first-order chi connectivity index (χ1) is 8.49. The van der Waals surface area contributed by atoms with E-state index in [4.69, 9.17) is 5.11 Å². The Kier molecular flexibility index (Phi) is 2.98. The molecule has 0 aromatic carbocycles. The van der Waals surface area contributed by atoms with Crippen LogP contribution in [0, 0.1) is 0 Å². The van der Waals surface area contributed by atoms with E-state index in [1.807, 2.05) is 0 Å². The number of nitrogens with one attached hydrogen (secondary N) is 2. The second-order valence-electron chi connectivity index (χ2n) is 3.26. The fourth-order valence-electron chi connectivity index (χ4n) is 1.17. The molecule has 0 spiro atoms. The molecular formula is C9H8N4O4S. The number of anilines is 1. The molecule has 0 aliphatic heterocycles. The van der Waals surface area contributed by atoms with E-state index in [-0.39, 0.29) is 16.4 Å². The Bertz CT molecular complexity index is 648. The van der Waals surface area contributed by atoms with Crippen molar-refractivity contribution in [1.82, 2.24) is 15.2 Å². The van der Waals surface area contributed by atoms with Crippen LogP contribution >= 0.6 is 0 Å². The van der Waals surface area contributed by atoms with Crippen molar-refractivity contribution in [1.29, 1.82) is 0 Å². The van der Waals surface area contributed by atoms with E-state index in [1.54, 1.807) is 0 Å². The predicted octanol–water partition coefficient (Wildman–Crippen LogP) is 0.304. The highest BCUT2D eigenvalue weighted by Gasteiger charge is 2.16. The van der Waals surface area contributed by atoms with Gasteiger partial charge < -0.3 is 5.11 Å². The van der Waals surface area contributed by atoms with Crippen molar-refractivity contribution >= 4 is 21.8 Å². The smallest absolute Gasteiger partial charge is 0.337 e. The van der Waals surface area contributed by atoms with Crippen LogP contribution in [0.5, 0.6) is 0 Å². The average molecular weight is 268 g/mol. The molecule has 0 amide bonds. The Balaban J connectivity index is 2.22. The maximum atomic E-state index is 11.7. The summed E-state index contributed by atoms with van der Waals surface area (Å²) >= 11 is 0. The molecule has 0 aliphatic carbocycles. The number of H-pyrrole nitrogens is 1. The SMILES string of the molecule is O=C(O)c1ccc(NS(=O)(=O)c2ccn[nH]2)nc1. The number of sulfonamides is 1. The van der Waals surface area contributed by atoms with Crippen molar-refractivity contribution in [3.05, 3.63) is 36.2 Å². The zero-order valence-electron chi connectivity index (χ0n) is 8.86. The number of pyridine rings is 1. The second-order valence-corrected chi connectivity index (χ2v) is 4.91. The summed E-state index contributed by atoms with van der Waals surface area (Å²) in [5.74, 6) is -1.11. The molecule has 0 saturated carbocycles. The largest absolute Gasteiger partial charge is 0.478 e. The van der Waals surface area contributed by atoms with Gasteiger partial charge in [-0.1, -0.05) is 0 Å². The number of carbonyl (C=O) groups is 1. The third-order valence-electron chi connectivity index (χ3n) is 2.01. The van der Waals surface area contributed by atoms with Gasteiger partial charge in [0.1, 0.15) is 5.82 Å². The number of nitrogens with zero attached hydrogens (tertiary/aromatic N) is 2. The molecule has 0 radical (unpaired) electrons. The number of carboxylic acids is 1. The number of aromatic nitrogens is 3. The van der Waals surface area contributed by atoms with Crippen LogP contribution < -0.4 is 4.72 Å². The molecule has 0 fully saturated rings. The van der Waals surface area contributed by atoms with Gasteiger partial charge in [-0.25, -0.2) is 9.78 Å². The molecule has 0 bridgehead atoms. The topological polar surface area (TPSA) is 125 Å². The van der Waals surface area contributed by atoms with E-state index in [1.165, 1.54) is 24.4 Å². The van der Waals surface area contributed by atoms with Crippen LogP contribution in [0.2, 0.25) is 0 Å². The molecule has 2 heterocycles. The molecular weight excluding hydrogens is 260 g/mol. The van der Waals surface area contributed by atoms with E-state index >= 15 is 0 Å². The van der Waals surface area contributed by atoms with Gasteiger partial charge in [0.15, 0.2) is 5.03 Å². The van der Waals surface area contributed by atoms with Gasteiger partial charge >= 0.3 is 5.97 Å². The lowest BCUT2D eigenvalue weighted by Crippen LogP contribution is -2.14. The molecule has 0 atom stereocenters. The number of rotatable bonds is 4. The monoisotopic (exact) mass is 268 g/mol. The summed E-state index contributed by atoms with van der Waals surface area (Å²) in [7, 11) is -3.78. The first-order valence-corrected chi connectivity index (χ1v) is 6.19. The quantitative estimate of drug-likeness (QED) is 0.732. The van der Waals surface area contributed by atoms with Gasteiger partial charge in [0, 0.05) is 6.20 Å². The highest BCUT2D eigenvalue weighted by molar-refractivity contribution is 7.92. The lowest BCUT2D eigenvalue weighted by Gasteiger charge is -2.04. The molecule has 8 nitrogen and oxygen atoms in total. The second kappa shape index (κ2) is 4.45. The van der Waals surface area contributed by atoms with Gasteiger partial charge in [-0.3, -0.25) is 9.82 Å². The molecule has 18 heavy (non-hydrogen) atoms. The van der Waals surface area contributed by atoms with Crippen LogP contribution in [0.4, 0.5) is 5.82 Å². The standard InChI is InChI=1S/C9H8N4O4S/c14-9(15)6-1-2-7(10-5-6)13-18(16,17)8-3-4-11-12-8/h1-5H,(H,10,13)(H,11,12)(H,14,15). The van der Waals surface area contributed by atoms with Crippen molar-refractivity contribution in [2.24, 2.45) is 0 Å². The summed E-state index contributed by atoms with van der Waals surface area (Å²) in [6.45, 7) is 0. The summed E-state index contributed by atoms with van der Waals surface area (Å²) < 4.78 is 25.7. The Morgan fingerprint density at radius 2 is 2.11 bits per heavy atom. The first-order valence-electron chi connectivity index (χ1n) is 4.70. The summed E-state index contributed by atoms with van der Waals surface area (Å²) in [5, 5.41) is 14.4. The van der Waals surface area contributed by atoms with Crippen LogP contribution in [0.1, 0.15) is 10.4 Å². The molecule has 0 saturated heterocycles. The van der Waals surface area contributed by atoms with E-state index < -0.39 is 16.0 Å². The van der Waals surface area contributed by atoms with Crippen LogP contribution in [0.3, 0.4) is 0 Å². The fraction of sp³-hybridized carbons (Fsp3) is 0. The summed E-state index contributed by atoms with van der Waals surface area (Å²) in [5.41, 5.74) is -0.0283. The minimum atomic E-state index is -3.78. The summed E-state index contributed by atoms with van der Waals surface area (Å²) in [6, 6.07) is 3.80. The Morgan fingerprint density at radius 1 is 1.33 bits per heavy atom. The van der Waals surface area contributed by atoms with Crippen LogP contribution in [-0.2, 0) is 10.0 Å². The van der Waals surface area contributed by atoms with Crippen molar-refractivity contribution in [3.63, 3.8) is 0 Å². The number of hydrogen-bond acceptors (Lipinski definition) is 5. The van der Waals surface area contributed by atoms with E-state index in [2.05, 4.69) is 19.9 Å². The van der Waals surface area contributed by atoms with Crippen molar-refractivity contribution in [2.75, 3.05) is 4.72 Å². The maximum absolute atomic E-state index is 11.7. The van der Waals surface area contributed by atoms with Gasteiger partial charge in [0.25, 0.3) is 10.0 Å². The number of carboxylic acid groups (broad SMARTS) is 1. The van der Waals surface area contributed by atoms with Crippen LogP contribution in [-0.4, -0.2) is 34.7 Å². The molecule has 9 heteroatoms. The molecule has 0 aliphatic rings. The number of aromatic carboxylic acids is 1. The molecule has 2 aromatic rings. The van der Waals surface area contributed by atoms with Crippen LogP contribution in [0.25, 0.3) is 0 Å². The van der Waals surface area contributed by atoms with E-state index in [0.29, 0.717) is 0 Å². The van der Waals surface area contributed by atoms with Gasteiger partial charge in [0.05, 0.1) is 11.8 Å². The average Bonchev–Trinajstić information content (AvgIpc) is 2.83. The van der Waals surface area contributed by atoms with Crippen molar-refractivity contribution in [3.8, 4) is 0 Å². The maximum Gasteiger partial charge on any atom is 0.337 e. The van der Waals surface area contributed by atoms with Crippen LogP contribution in [0.15, 0.2) is 35.6 Å². The normalized spacial score (nSPS) is 11.1. The van der Waals surface area contributed by atoms with Crippen molar-refractivity contribution < 1.29 is 18.3 Å². The van der Waals surface area contributed by atoms with Gasteiger partial charge in [-0.05, 0) is 18.2 Å². The summed E-state index contributed by atoms with van der Waals surface area (Å²) in [4.78, 5) is 14.3. The molecule has 0 unspecified atom stereocenters. The molecule has 2 rings (SSSR count). The third kappa shape index (κ3) is 2.46. The predicted molar refractivity (Wildman–Crippen MR) is 60.6 cm³/mol. The minimum Gasteiger partial charge on any atom is -0.478 e. The van der Waals surface area contributed by atoms with Gasteiger partial charge in [0.2, 0.25) is 0 Å². The van der Waals surface area contributed by atoms with E-state index in [9.17, 15) is 13.2 Å². The molecule has 2 aromatic heterocycles. The lowest BCUT2D eigenvalue weighted by atomic mass is 10.3. The first kappa shape index (κ1) is 12.0. The third-order valence-corrected chi connectivity index (χ3v) is 3.30. The highest BCUT2D eigenvalue weighted by Crippen LogP contribution is 2.11. The highest BCUT2D eigenvalue weighted by atomic mass is 32.2. The van der Waals surface area contributed by atoms with E-state index in [0.717, 1.165) is 6.20 Å². The zero-order valence-corrected chi connectivity index (χ0v) is 9.68. The Labute approximate surface area is 102 Å². The van der Waals surface area contributed by atoms with Crippen molar-refractivity contribution in [2.45, 2.75) is 5.03 Å². The Hall–Kier alpha value is -2.42. The van der Waals surface area contributed by atoms with Gasteiger partial charge in [-0.2, -0.15) is 13.5 Å². The lowest BCUT2D eigenvalue weighted by molar-refractivity contribution is 0.0696. The van der Waals surface area contributed by atoms with Gasteiger partial charge in [-0.15, -0.1) is 0 Å². The Morgan fingerprint density at radius 3 is 2.61 bits per heavy atom. The molecule has 94 valence electrons. The fourth-order valence-corrected chi connectivity index (χ4v) is 2.09. The number of aromatic amines is 1.